The van der Waals surface area contributed by atoms with Gasteiger partial charge in [-0.3, -0.25) is 14.6 Å². The monoisotopic (exact) mass is 313 g/mol. The number of nitrogens with zero attached hydrogens (tertiary/aromatic N) is 2. The van der Waals surface area contributed by atoms with Gasteiger partial charge in [0.25, 0.3) is 5.56 Å². The maximum atomic E-state index is 12.2. The summed E-state index contributed by atoms with van der Waals surface area (Å²) in [6.07, 6.45) is 2.78. The second kappa shape index (κ2) is 7.72. The standard InChI is InChI=1S/C18H23N3O2/c1-4-15(18-13(2)7-6-11-19-18)20-16(22)10-12-21-14(3)8-5-9-17(21)23/h5-9,11,15H,4,10,12H2,1-3H3,(H,20,22)/t15-/m1/s1. The van der Waals surface area contributed by atoms with Crippen molar-refractivity contribution in [1.82, 2.24) is 14.9 Å². The Hall–Kier alpha value is -2.43. The molecule has 0 aromatic carbocycles. The number of hydrogen-bond donors (Lipinski definition) is 1. The minimum Gasteiger partial charge on any atom is -0.348 e. The lowest BCUT2D eigenvalue weighted by Crippen LogP contribution is -2.31. The molecule has 0 aliphatic carbocycles. The van der Waals surface area contributed by atoms with Gasteiger partial charge in [-0.05, 0) is 38.0 Å². The lowest BCUT2D eigenvalue weighted by atomic mass is 10.1. The molecule has 0 spiro atoms. The highest BCUT2D eigenvalue weighted by Gasteiger charge is 2.16. The van der Waals surface area contributed by atoms with Crippen molar-refractivity contribution >= 4 is 5.91 Å². The Kier molecular flexibility index (Phi) is 5.68. The molecule has 0 bridgehead atoms. The van der Waals surface area contributed by atoms with Crippen LogP contribution < -0.4 is 10.9 Å². The highest BCUT2D eigenvalue weighted by Crippen LogP contribution is 2.17. The van der Waals surface area contributed by atoms with E-state index in [-0.39, 0.29) is 23.9 Å². The molecule has 23 heavy (non-hydrogen) atoms. The number of aromatic nitrogens is 2. The Labute approximate surface area is 136 Å². The third kappa shape index (κ3) is 4.28. The third-order valence-corrected chi connectivity index (χ3v) is 3.95. The maximum Gasteiger partial charge on any atom is 0.250 e. The zero-order valence-corrected chi connectivity index (χ0v) is 13.9. The molecule has 122 valence electrons. The van der Waals surface area contributed by atoms with Crippen molar-refractivity contribution in [3.63, 3.8) is 0 Å². The fraction of sp³-hybridized carbons (Fsp3) is 0.389. The van der Waals surface area contributed by atoms with Crippen molar-refractivity contribution in [2.45, 2.75) is 46.2 Å². The molecule has 5 heteroatoms. The summed E-state index contributed by atoms with van der Waals surface area (Å²) in [7, 11) is 0. The summed E-state index contributed by atoms with van der Waals surface area (Å²) < 4.78 is 1.62. The van der Waals surface area contributed by atoms with Gasteiger partial charge in [0.05, 0.1) is 11.7 Å². The zero-order chi connectivity index (χ0) is 16.8. The van der Waals surface area contributed by atoms with Gasteiger partial charge in [0, 0.05) is 30.9 Å². The molecule has 0 radical (unpaired) electrons. The van der Waals surface area contributed by atoms with Crippen LogP contribution in [0.4, 0.5) is 0 Å². The van der Waals surface area contributed by atoms with Crippen LogP contribution in [0.5, 0.6) is 0 Å². The van der Waals surface area contributed by atoms with Crippen LogP contribution in [0.3, 0.4) is 0 Å². The van der Waals surface area contributed by atoms with E-state index in [4.69, 9.17) is 0 Å². The molecule has 0 aliphatic rings. The van der Waals surface area contributed by atoms with Crippen LogP contribution in [0.25, 0.3) is 0 Å². The van der Waals surface area contributed by atoms with E-state index in [0.717, 1.165) is 23.4 Å². The number of amides is 1. The second-order valence-corrected chi connectivity index (χ2v) is 5.64. The highest BCUT2D eigenvalue weighted by atomic mass is 16.2. The topological polar surface area (TPSA) is 64.0 Å². The van der Waals surface area contributed by atoms with Gasteiger partial charge in [-0.1, -0.05) is 19.1 Å². The lowest BCUT2D eigenvalue weighted by molar-refractivity contribution is -0.122. The van der Waals surface area contributed by atoms with Crippen LogP contribution in [-0.2, 0) is 11.3 Å². The first-order chi connectivity index (χ1) is 11.0. The van der Waals surface area contributed by atoms with Crippen molar-refractivity contribution in [2.24, 2.45) is 0 Å². The summed E-state index contributed by atoms with van der Waals surface area (Å²) in [6.45, 7) is 6.26. The fourth-order valence-corrected chi connectivity index (χ4v) is 2.62. The first-order valence-electron chi connectivity index (χ1n) is 7.90. The van der Waals surface area contributed by atoms with Crippen molar-refractivity contribution in [1.29, 1.82) is 0 Å². The maximum absolute atomic E-state index is 12.2. The van der Waals surface area contributed by atoms with Gasteiger partial charge in [-0.2, -0.15) is 0 Å². The molecule has 0 aliphatic heterocycles. The molecular weight excluding hydrogens is 290 g/mol. The van der Waals surface area contributed by atoms with Crippen LogP contribution in [0.2, 0.25) is 0 Å². The minimum absolute atomic E-state index is 0.0722. The number of rotatable bonds is 6. The van der Waals surface area contributed by atoms with Gasteiger partial charge in [-0.25, -0.2) is 0 Å². The second-order valence-electron chi connectivity index (χ2n) is 5.64. The van der Waals surface area contributed by atoms with Gasteiger partial charge in [0.2, 0.25) is 5.91 Å². The Morgan fingerprint density at radius 1 is 1.26 bits per heavy atom. The van der Waals surface area contributed by atoms with Crippen molar-refractivity contribution in [3.05, 3.63) is 63.8 Å². The Morgan fingerprint density at radius 2 is 2.04 bits per heavy atom. The molecule has 1 N–H and O–H groups in total. The Balaban J connectivity index is 2.01. The molecule has 0 fully saturated rings. The number of aryl methyl sites for hydroxylation is 2. The van der Waals surface area contributed by atoms with Gasteiger partial charge in [0.1, 0.15) is 0 Å². The largest absolute Gasteiger partial charge is 0.348 e. The highest BCUT2D eigenvalue weighted by molar-refractivity contribution is 5.76. The van der Waals surface area contributed by atoms with E-state index >= 15 is 0 Å². The first-order valence-corrected chi connectivity index (χ1v) is 7.90. The van der Waals surface area contributed by atoms with Gasteiger partial charge >= 0.3 is 0 Å². The number of hydrogen-bond acceptors (Lipinski definition) is 3. The minimum atomic E-state index is -0.0997. The molecule has 1 atom stereocenters. The molecule has 2 aromatic rings. The quantitative estimate of drug-likeness (QED) is 0.891. The molecule has 2 heterocycles. The normalized spacial score (nSPS) is 12.0. The summed E-state index contributed by atoms with van der Waals surface area (Å²) in [6, 6.07) is 8.88. The number of pyridine rings is 2. The first kappa shape index (κ1) is 16.9. The van der Waals surface area contributed by atoms with Crippen LogP contribution in [0.15, 0.2) is 41.3 Å². The third-order valence-electron chi connectivity index (χ3n) is 3.95. The summed E-state index contributed by atoms with van der Waals surface area (Å²) >= 11 is 0. The van der Waals surface area contributed by atoms with Crippen LogP contribution in [0, 0.1) is 13.8 Å². The molecule has 0 saturated carbocycles. The predicted octanol–water partition coefficient (Wildman–Crippen LogP) is 2.52. The van der Waals surface area contributed by atoms with Crippen molar-refractivity contribution in [2.75, 3.05) is 0 Å². The van der Waals surface area contributed by atoms with E-state index in [1.165, 1.54) is 6.07 Å². The van der Waals surface area contributed by atoms with E-state index in [1.54, 1.807) is 16.8 Å². The SMILES string of the molecule is CC[C@@H](NC(=O)CCn1c(C)cccc1=O)c1ncccc1C. The van der Waals surface area contributed by atoms with E-state index in [2.05, 4.69) is 10.3 Å². The van der Waals surface area contributed by atoms with Crippen molar-refractivity contribution in [3.8, 4) is 0 Å². The zero-order valence-electron chi connectivity index (χ0n) is 13.9. The number of nitrogens with one attached hydrogen (secondary N) is 1. The van der Waals surface area contributed by atoms with Crippen molar-refractivity contribution < 1.29 is 4.79 Å². The fourth-order valence-electron chi connectivity index (χ4n) is 2.62. The molecule has 2 rings (SSSR count). The molecule has 2 aromatic heterocycles. The molecule has 0 unspecified atom stereocenters. The van der Waals surface area contributed by atoms with Crippen LogP contribution >= 0.6 is 0 Å². The summed E-state index contributed by atoms with van der Waals surface area (Å²) in [5.41, 5.74) is 2.74. The van der Waals surface area contributed by atoms with E-state index in [0.29, 0.717) is 6.54 Å². The summed E-state index contributed by atoms with van der Waals surface area (Å²) in [4.78, 5) is 28.4. The number of carbonyl (C=O) groups excluding carboxylic acids is 1. The Morgan fingerprint density at radius 3 is 2.70 bits per heavy atom. The van der Waals surface area contributed by atoms with Crippen LogP contribution in [-0.4, -0.2) is 15.5 Å². The average Bonchev–Trinajstić information content (AvgIpc) is 2.53. The van der Waals surface area contributed by atoms with Gasteiger partial charge < -0.3 is 9.88 Å². The molecular formula is C18H23N3O2. The summed E-state index contributed by atoms with van der Waals surface area (Å²) in [5.74, 6) is -0.0722. The molecule has 1 amide bonds. The smallest absolute Gasteiger partial charge is 0.250 e. The van der Waals surface area contributed by atoms with Gasteiger partial charge in [-0.15, -0.1) is 0 Å². The van der Waals surface area contributed by atoms with Gasteiger partial charge in [0.15, 0.2) is 0 Å². The summed E-state index contributed by atoms with van der Waals surface area (Å²) in [5, 5.41) is 3.02. The lowest BCUT2D eigenvalue weighted by Gasteiger charge is -2.18. The average molecular weight is 313 g/mol. The van der Waals surface area contributed by atoms with E-state index in [1.807, 2.05) is 39.0 Å². The number of carbonyl (C=O) groups is 1. The van der Waals surface area contributed by atoms with E-state index in [9.17, 15) is 9.59 Å². The predicted molar refractivity (Wildman–Crippen MR) is 90.2 cm³/mol. The van der Waals surface area contributed by atoms with Crippen LogP contribution in [0.1, 0.15) is 42.8 Å². The molecule has 5 nitrogen and oxygen atoms in total. The molecule has 0 saturated heterocycles. The Bertz CT molecular complexity index is 737. The van der Waals surface area contributed by atoms with E-state index < -0.39 is 0 Å².